The second kappa shape index (κ2) is 5.67. The van der Waals surface area contributed by atoms with Gasteiger partial charge in [0.25, 0.3) is 0 Å². The summed E-state index contributed by atoms with van der Waals surface area (Å²) in [6.07, 6.45) is 0. The van der Waals surface area contributed by atoms with Crippen LogP contribution >= 0.6 is 0 Å². The zero-order chi connectivity index (χ0) is 13.9. The molecule has 0 spiro atoms. The van der Waals surface area contributed by atoms with Crippen LogP contribution in [0.1, 0.15) is 29.5 Å². The van der Waals surface area contributed by atoms with Crippen molar-refractivity contribution in [3.05, 3.63) is 34.9 Å². The van der Waals surface area contributed by atoms with Crippen molar-refractivity contribution >= 4 is 11.9 Å². The molecule has 18 heavy (non-hydrogen) atoms. The Morgan fingerprint density at radius 3 is 2.44 bits per heavy atom. The van der Waals surface area contributed by atoms with Crippen molar-refractivity contribution in [3.8, 4) is 0 Å². The van der Waals surface area contributed by atoms with E-state index in [0.29, 0.717) is 0 Å². The summed E-state index contributed by atoms with van der Waals surface area (Å²) in [5, 5.41) is 8.68. The molecule has 0 radical (unpaired) electrons. The molecule has 98 valence electrons. The van der Waals surface area contributed by atoms with Crippen molar-refractivity contribution in [2.75, 3.05) is 13.6 Å². The Hall–Kier alpha value is -1.84. The predicted molar refractivity (Wildman–Crippen MR) is 69.6 cm³/mol. The van der Waals surface area contributed by atoms with E-state index in [2.05, 4.69) is 0 Å². The maximum atomic E-state index is 12.1. The summed E-state index contributed by atoms with van der Waals surface area (Å²) in [5.74, 6) is -1.50. The Balaban J connectivity index is 2.89. The number of carboxylic acid groups (broad SMARTS) is 1. The van der Waals surface area contributed by atoms with Crippen LogP contribution in [0.15, 0.2) is 18.2 Å². The van der Waals surface area contributed by atoms with Gasteiger partial charge in [-0.2, -0.15) is 0 Å². The summed E-state index contributed by atoms with van der Waals surface area (Å²) in [6.45, 7) is 5.50. The monoisotopic (exact) mass is 249 g/mol. The van der Waals surface area contributed by atoms with E-state index in [9.17, 15) is 9.59 Å². The van der Waals surface area contributed by atoms with Gasteiger partial charge in [0, 0.05) is 7.05 Å². The number of aliphatic carboxylic acids is 1. The minimum atomic E-state index is -1.00. The zero-order valence-corrected chi connectivity index (χ0v) is 11.2. The van der Waals surface area contributed by atoms with Gasteiger partial charge in [-0.25, -0.2) is 0 Å². The summed E-state index contributed by atoms with van der Waals surface area (Å²) in [6, 6.07) is 5.92. The molecule has 0 aliphatic rings. The highest BCUT2D eigenvalue weighted by atomic mass is 16.4. The van der Waals surface area contributed by atoms with Gasteiger partial charge in [0.15, 0.2) is 0 Å². The molecule has 1 aromatic rings. The topological polar surface area (TPSA) is 57.6 Å². The molecule has 0 saturated carbocycles. The lowest BCUT2D eigenvalue weighted by Crippen LogP contribution is -2.35. The molecule has 0 bridgehead atoms. The van der Waals surface area contributed by atoms with Crippen molar-refractivity contribution in [1.29, 1.82) is 0 Å². The highest BCUT2D eigenvalue weighted by Gasteiger charge is 2.21. The van der Waals surface area contributed by atoms with E-state index < -0.39 is 5.97 Å². The van der Waals surface area contributed by atoms with Gasteiger partial charge < -0.3 is 10.0 Å². The van der Waals surface area contributed by atoms with E-state index in [-0.39, 0.29) is 18.4 Å². The molecule has 0 fully saturated rings. The second-order valence-electron chi connectivity index (χ2n) is 4.67. The summed E-state index contributed by atoms with van der Waals surface area (Å²) >= 11 is 0. The quantitative estimate of drug-likeness (QED) is 0.887. The van der Waals surface area contributed by atoms with Crippen LogP contribution in [0.25, 0.3) is 0 Å². The van der Waals surface area contributed by atoms with E-state index in [1.54, 1.807) is 6.92 Å². The number of aryl methyl sites for hydroxylation is 2. The number of nitrogens with zero attached hydrogens (tertiary/aromatic N) is 1. The highest BCUT2D eigenvalue weighted by molar-refractivity contribution is 5.86. The van der Waals surface area contributed by atoms with Gasteiger partial charge >= 0.3 is 5.97 Å². The van der Waals surface area contributed by atoms with Crippen LogP contribution in [0.3, 0.4) is 0 Å². The van der Waals surface area contributed by atoms with E-state index in [4.69, 9.17) is 5.11 Å². The minimum absolute atomic E-state index is 0.177. The minimum Gasteiger partial charge on any atom is -0.480 e. The van der Waals surface area contributed by atoms with Crippen molar-refractivity contribution in [3.63, 3.8) is 0 Å². The summed E-state index contributed by atoms with van der Waals surface area (Å²) in [4.78, 5) is 23.9. The van der Waals surface area contributed by atoms with E-state index in [1.807, 2.05) is 32.0 Å². The molecular formula is C14H19NO3. The fourth-order valence-electron chi connectivity index (χ4n) is 2.06. The molecule has 1 atom stereocenters. The summed E-state index contributed by atoms with van der Waals surface area (Å²) < 4.78 is 0. The Labute approximate surface area is 107 Å². The average Bonchev–Trinajstić information content (AvgIpc) is 2.26. The van der Waals surface area contributed by atoms with Gasteiger partial charge in [0.05, 0.1) is 5.92 Å². The molecule has 1 amide bonds. The molecule has 0 heterocycles. The maximum Gasteiger partial charge on any atom is 0.323 e. The third kappa shape index (κ3) is 3.32. The number of rotatable bonds is 4. The number of carbonyl (C=O) groups is 2. The van der Waals surface area contributed by atoms with E-state index in [1.165, 1.54) is 11.9 Å². The van der Waals surface area contributed by atoms with Gasteiger partial charge in [-0.1, -0.05) is 23.8 Å². The Kier molecular flexibility index (Phi) is 4.48. The van der Waals surface area contributed by atoms with Crippen molar-refractivity contribution in [2.45, 2.75) is 26.7 Å². The fourth-order valence-corrected chi connectivity index (χ4v) is 2.06. The van der Waals surface area contributed by atoms with Crippen LogP contribution in [0.5, 0.6) is 0 Å². The normalized spacial score (nSPS) is 12.0. The number of carboxylic acids is 1. The van der Waals surface area contributed by atoms with Crippen LogP contribution in [0.4, 0.5) is 0 Å². The first kappa shape index (κ1) is 14.2. The average molecular weight is 249 g/mol. The van der Waals surface area contributed by atoms with E-state index in [0.717, 1.165) is 16.7 Å². The number of amides is 1. The number of hydrogen-bond acceptors (Lipinski definition) is 2. The van der Waals surface area contributed by atoms with E-state index >= 15 is 0 Å². The molecule has 0 aliphatic carbocycles. The Morgan fingerprint density at radius 2 is 1.94 bits per heavy atom. The summed E-state index contributed by atoms with van der Waals surface area (Å²) in [5.41, 5.74) is 3.15. The molecule has 0 aliphatic heterocycles. The lowest BCUT2D eigenvalue weighted by molar-refractivity contribution is -0.143. The smallest absolute Gasteiger partial charge is 0.323 e. The molecule has 0 saturated heterocycles. The SMILES string of the molecule is Cc1ccc(C(C)C(=O)N(C)CC(=O)O)c(C)c1. The first-order chi connectivity index (χ1) is 8.32. The molecule has 1 N–H and O–H groups in total. The molecule has 1 rings (SSSR count). The molecule has 4 heteroatoms. The maximum absolute atomic E-state index is 12.1. The fraction of sp³-hybridized carbons (Fsp3) is 0.429. The molecule has 1 aromatic carbocycles. The third-order valence-electron chi connectivity index (χ3n) is 3.01. The second-order valence-corrected chi connectivity index (χ2v) is 4.67. The summed E-state index contributed by atoms with van der Waals surface area (Å²) in [7, 11) is 1.51. The van der Waals surface area contributed by atoms with Gasteiger partial charge in [0.1, 0.15) is 6.54 Å². The lowest BCUT2D eigenvalue weighted by atomic mass is 9.94. The lowest BCUT2D eigenvalue weighted by Gasteiger charge is -2.21. The van der Waals surface area contributed by atoms with Crippen molar-refractivity contribution < 1.29 is 14.7 Å². The number of likely N-dealkylation sites (N-methyl/N-ethyl adjacent to an activating group) is 1. The first-order valence-corrected chi connectivity index (χ1v) is 5.87. The van der Waals surface area contributed by atoms with Crippen LogP contribution in [-0.4, -0.2) is 35.5 Å². The van der Waals surface area contributed by atoms with Gasteiger partial charge in [-0.05, 0) is 31.9 Å². The van der Waals surface area contributed by atoms with Crippen molar-refractivity contribution in [1.82, 2.24) is 4.90 Å². The van der Waals surface area contributed by atoms with Crippen LogP contribution < -0.4 is 0 Å². The molecular weight excluding hydrogens is 230 g/mol. The first-order valence-electron chi connectivity index (χ1n) is 5.87. The standard InChI is InChI=1S/C14H19NO3/c1-9-5-6-12(10(2)7-9)11(3)14(18)15(4)8-13(16)17/h5-7,11H,8H2,1-4H3,(H,16,17). The number of hydrogen-bond donors (Lipinski definition) is 1. The van der Waals surface area contributed by atoms with Gasteiger partial charge in [0.2, 0.25) is 5.91 Å². The zero-order valence-electron chi connectivity index (χ0n) is 11.2. The molecule has 4 nitrogen and oxygen atoms in total. The molecule has 0 aromatic heterocycles. The van der Waals surface area contributed by atoms with Crippen molar-refractivity contribution in [2.24, 2.45) is 0 Å². The Bertz CT molecular complexity index is 468. The number of benzene rings is 1. The van der Waals surface area contributed by atoms with Crippen LogP contribution in [-0.2, 0) is 9.59 Å². The number of carbonyl (C=O) groups excluding carboxylic acids is 1. The largest absolute Gasteiger partial charge is 0.480 e. The van der Waals surface area contributed by atoms with Gasteiger partial charge in [-0.15, -0.1) is 0 Å². The predicted octanol–water partition coefficient (Wildman–Crippen LogP) is 1.95. The Morgan fingerprint density at radius 1 is 1.33 bits per heavy atom. The highest BCUT2D eigenvalue weighted by Crippen LogP contribution is 2.22. The van der Waals surface area contributed by atoms with Crippen LogP contribution in [0.2, 0.25) is 0 Å². The van der Waals surface area contributed by atoms with Crippen LogP contribution in [0, 0.1) is 13.8 Å². The van der Waals surface area contributed by atoms with Gasteiger partial charge in [-0.3, -0.25) is 9.59 Å². The third-order valence-corrected chi connectivity index (χ3v) is 3.01. The molecule has 1 unspecified atom stereocenters.